The summed E-state index contributed by atoms with van der Waals surface area (Å²) in [6.45, 7) is 2.29. The molecule has 2 aromatic rings. The Labute approximate surface area is 174 Å². The molecule has 0 spiro atoms. The van der Waals surface area contributed by atoms with Crippen molar-refractivity contribution in [2.24, 2.45) is 11.3 Å². The average Bonchev–Trinajstić information content (AvgIpc) is 3.27. The smallest absolute Gasteiger partial charge is 0.354 e. The Morgan fingerprint density at radius 2 is 1.83 bits per heavy atom. The quantitative estimate of drug-likeness (QED) is 0.538. The second-order valence-electron chi connectivity index (χ2n) is 8.26. The van der Waals surface area contributed by atoms with Crippen molar-refractivity contribution in [3.8, 4) is 10.6 Å². The standard InChI is InChI=1S/C20H21F5N2O2S/c1-11-15(26-29-16(11)18(2,21)22)13-5-6-14(30-13)17(28)27-9-7-19(8-10-27,12-3-4-12)20(23,24)25/h5-6,12H,3-4,7-10H2,1-2H3. The van der Waals surface area contributed by atoms with Crippen LogP contribution in [0.3, 0.4) is 0 Å². The van der Waals surface area contributed by atoms with E-state index >= 15 is 0 Å². The van der Waals surface area contributed by atoms with Gasteiger partial charge in [-0.15, -0.1) is 11.3 Å². The van der Waals surface area contributed by atoms with Gasteiger partial charge in [0.1, 0.15) is 5.69 Å². The van der Waals surface area contributed by atoms with Crippen molar-refractivity contribution in [2.75, 3.05) is 13.1 Å². The van der Waals surface area contributed by atoms with Crippen molar-refractivity contribution in [3.05, 3.63) is 28.3 Å². The molecule has 0 radical (unpaired) electrons. The van der Waals surface area contributed by atoms with E-state index in [1.165, 1.54) is 11.8 Å². The molecule has 30 heavy (non-hydrogen) atoms. The Bertz CT molecular complexity index is 947. The van der Waals surface area contributed by atoms with Crippen molar-refractivity contribution in [3.63, 3.8) is 0 Å². The summed E-state index contributed by atoms with van der Waals surface area (Å²) >= 11 is 1.07. The highest BCUT2D eigenvalue weighted by molar-refractivity contribution is 7.17. The van der Waals surface area contributed by atoms with Gasteiger partial charge in [0.25, 0.3) is 5.91 Å². The zero-order chi connectivity index (χ0) is 21.9. The first-order valence-corrected chi connectivity index (χ1v) is 10.6. The minimum atomic E-state index is -4.26. The number of nitrogens with zero attached hydrogens (tertiary/aromatic N) is 2. The number of hydrogen-bond donors (Lipinski definition) is 0. The van der Waals surface area contributed by atoms with Crippen LogP contribution in [-0.4, -0.2) is 35.2 Å². The van der Waals surface area contributed by atoms with E-state index in [1.807, 2.05) is 0 Å². The number of piperidine rings is 1. The van der Waals surface area contributed by atoms with Crippen LogP contribution >= 0.6 is 11.3 Å². The second-order valence-corrected chi connectivity index (χ2v) is 9.34. The molecular formula is C20H21F5N2O2S. The molecule has 1 aliphatic carbocycles. The molecule has 1 aliphatic heterocycles. The van der Waals surface area contributed by atoms with E-state index in [0.717, 1.165) is 11.3 Å². The number of amides is 1. The maximum Gasteiger partial charge on any atom is 0.394 e. The molecule has 1 saturated heterocycles. The van der Waals surface area contributed by atoms with Gasteiger partial charge in [-0.05, 0) is 50.7 Å². The Kier molecular flexibility index (Phi) is 4.99. The minimum Gasteiger partial charge on any atom is -0.354 e. The van der Waals surface area contributed by atoms with E-state index in [0.29, 0.717) is 29.5 Å². The maximum absolute atomic E-state index is 13.7. The molecule has 1 amide bonds. The van der Waals surface area contributed by atoms with Crippen molar-refractivity contribution < 1.29 is 31.3 Å². The number of likely N-dealkylation sites (tertiary alicyclic amines) is 1. The van der Waals surface area contributed by atoms with Crippen molar-refractivity contribution in [1.82, 2.24) is 10.1 Å². The molecule has 4 nitrogen and oxygen atoms in total. The van der Waals surface area contributed by atoms with Gasteiger partial charge in [-0.1, -0.05) is 5.16 Å². The van der Waals surface area contributed by atoms with Gasteiger partial charge in [-0.3, -0.25) is 4.79 Å². The topological polar surface area (TPSA) is 46.3 Å². The van der Waals surface area contributed by atoms with Gasteiger partial charge in [0.15, 0.2) is 0 Å². The van der Waals surface area contributed by atoms with Gasteiger partial charge in [-0.25, -0.2) is 0 Å². The van der Waals surface area contributed by atoms with Gasteiger partial charge in [-0.2, -0.15) is 22.0 Å². The van der Waals surface area contributed by atoms with Crippen LogP contribution in [-0.2, 0) is 5.92 Å². The van der Waals surface area contributed by atoms with E-state index in [4.69, 9.17) is 4.52 Å². The number of rotatable bonds is 4. The van der Waals surface area contributed by atoms with Crippen molar-refractivity contribution >= 4 is 17.2 Å². The van der Waals surface area contributed by atoms with Gasteiger partial charge in [0.05, 0.1) is 15.2 Å². The molecule has 0 unspecified atom stereocenters. The van der Waals surface area contributed by atoms with Gasteiger partial charge in [0, 0.05) is 25.6 Å². The van der Waals surface area contributed by atoms with E-state index in [-0.39, 0.29) is 49.0 Å². The fraction of sp³-hybridized carbons (Fsp3) is 0.600. The Balaban J connectivity index is 1.49. The molecule has 0 aromatic carbocycles. The number of halogens is 5. The summed E-state index contributed by atoms with van der Waals surface area (Å²) in [5.41, 5.74) is -1.25. The summed E-state index contributed by atoms with van der Waals surface area (Å²) in [5.74, 6) is -4.38. The van der Waals surface area contributed by atoms with Crippen LogP contribution in [0.5, 0.6) is 0 Å². The lowest BCUT2D eigenvalue weighted by Crippen LogP contribution is -2.50. The fourth-order valence-electron chi connectivity index (χ4n) is 4.38. The first-order chi connectivity index (χ1) is 13.9. The molecule has 4 rings (SSSR count). The molecule has 0 bridgehead atoms. The van der Waals surface area contributed by atoms with Gasteiger partial charge < -0.3 is 9.42 Å². The van der Waals surface area contributed by atoms with E-state index in [9.17, 15) is 26.7 Å². The summed E-state index contributed by atoms with van der Waals surface area (Å²) in [7, 11) is 0. The van der Waals surface area contributed by atoms with Gasteiger partial charge in [0.2, 0.25) is 5.76 Å². The fourth-order valence-corrected chi connectivity index (χ4v) is 5.39. The zero-order valence-corrected chi connectivity index (χ0v) is 17.3. The van der Waals surface area contributed by atoms with E-state index in [2.05, 4.69) is 5.16 Å². The molecular weight excluding hydrogens is 427 g/mol. The van der Waals surface area contributed by atoms with Gasteiger partial charge >= 0.3 is 12.1 Å². The summed E-state index contributed by atoms with van der Waals surface area (Å²) in [6.07, 6.45) is -3.23. The maximum atomic E-state index is 13.7. The average molecular weight is 448 g/mol. The molecule has 164 valence electrons. The third-order valence-electron chi connectivity index (χ3n) is 6.24. The Hall–Kier alpha value is -1.97. The Morgan fingerprint density at radius 3 is 2.33 bits per heavy atom. The molecule has 3 heterocycles. The summed E-state index contributed by atoms with van der Waals surface area (Å²) in [4.78, 5) is 15.1. The van der Waals surface area contributed by atoms with Crippen LogP contribution in [0.2, 0.25) is 0 Å². The number of hydrogen-bond acceptors (Lipinski definition) is 4. The van der Waals surface area contributed by atoms with Crippen molar-refractivity contribution in [1.29, 1.82) is 0 Å². The third kappa shape index (κ3) is 3.52. The number of carbonyl (C=O) groups excluding carboxylic acids is 1. The van der Waals surface area contributed by atoms with E-state index in [1.54, 1.807) is 12.1 Å². The highest BCUT2D eigenvalue weighted by Crippen LogP contribution is 2.59. The lowest BCUT2D eigenvalue weighted by Gasteiger charge is -2.43. The summed E-state index contributed by atoms with van der Waals surface area (Å²) in [6, 6.07) is 3.14. The predicted molar refractivity (Wildman–Crippen MR) is 100 cm³/mol. The summed E-state index contributed by atoms with van der Waals surface area (Å²) in [5, 5.41) is 3.72. The van der Waals surface area contributed by atoms with Crippen LogP contribution in [0.1, 0.15) is 53.6 Å². The first kappa shape index (κ1) is 21.3. The lowest BCUT2D eigenvalue weighted by molar-refractivity contribution is -0.244. The SMILES string of the molecule is Cc1c(-c2ccc(C(=O)N3CCC(C4CC4)(C(F)(F)F)CC3)s2)noc1C(C)(F)F. The highest BCUT2D eigenvalue weighted by atomic mass is 32.1. The molecule has 0 N–H and O–H groups in total. The minimum absolute atomic E-state index is 0.0528. The zero-order valence-electron chi connectivity index (χ0n) is 16.5. The van der Waals surface area contributed by atoms with Crippen LogP contribution in [0.25, 0.3) is 10.6 Å². The highest BCUT2D eigenvalue weighted by Gasteiger charge is 2.62. The molecule has 2 aromatic heterocycles. The van der Waals surface area contributed by atoms with E-state index < -0.39 is 23.3 Å². The van der Waals surface area contributed by atoms with Crippen LogP contribution in [0.4, 0.5) is 22.0 Å². The molecule has 2 fully saturated rings. The molecule has 2 aliphatic rings. The van der Waals surface area contributed by atoms with Crippen LogP contribution in [0.15, 0.2) is 16.7 Å². The predicted octanol–water partition coefficient (Wildman–Crippen LogP) is 6.02. The molecule has 0 atom stereocenters. The number of aromatic nitrogens is 1. The number of thiophene rings is 1. The van der Waals surface area contributed by atoms with Crippen LogP contribution in [0, 0.1) is 18.3 Å². The van der Waals surface area contributed by atoms with Crippen molar-refractivity contribution in [2.45, 2.75) is 51.6 Å². The largest absolute Gasteiger partial charge is 0.394 e. The number of alkyl halides is 5. The molecule has 1 saturated carbocycles. The monoisotopic (exact) mass is 448 g/mol. The normalized spacial score (nSPS) is 19.9. The van der Waals surface area contributed by atoms with Crippen LogP contribution < -0.4 is 0 Å². The number of carbonyl (C=O) groups is 1. The third-order valence-corrected chi connectivity index (χ3v) is 7.32. The second kappa shape index (κ2) is 7.03. The molecule has 10 heteroatoms. The first-order valence-electron chi connectivity index (χ1n) is 9.75. The Morgan fingerprint density at radius 1 is 1.20 bits per heavy atom. The summed E-state index contributed by atoms with van der Waals surface area (Å²) < 4.78 is 73.0. The lowest BCUT2D eigenvalue weighted by atomic mass is 9.73.